The Labute approximate surface area is 188 Å². The maximum absolute atomic E-state index is 12.6. The summed E-state index contributed by atoms with van der Waals surface area (Å²) in [4.78, 5) is 24.1. The zero-order valence-electron chi connectivity index (χ0n) is 17.2. The fraction of sp³-hybridized carbons (Fsp3) is 0.125. The van der Waals surface area contributed by atoms with E-state index >= 15 is 0 Å². The predicted molar refractivity (Wildman–Crippen MR) is 123 cm³/mol. The van der Waals surface area contributed by atoms with Crippen molar-refractivity contribution in [2.45, 2.75) is 20.8 Å². The van der Waals surface area contributed by atoms with Gasteiger partial charge in [-0.25, -0.2) is 4.79 Å². The number of aromatic carboxylic acids is 1. The van der Waals surface area contributed by atoms with E-state index in [0.29, 0.717) is 16.8 Å². The van der Waals surface area contributed by atoms with E-state index in [-0.39, 0.29) is 11.1 Å². The van der Waals surface area contributed by atoms with Gasteiger partial charge in [-0.15, -0.1) is 0 Å². The molecule has 1 aromatic heterocycles. The summed E-state index contributed by atoms with van der Waals surface area (Å²) in [5.41, 5.74) is 4.52. The van der Waals surface area contributed by atoms with Gasteiger partial charge in [0, 0.05) is 27.2 Å². The molecule has 1 heterocycles. The number of nitriles is 1. The SMILES string of the molecule is Cc1c(C(=O)O)cccc1-n1c(C)cc(/C=C(/C#N)C(=O)Nc2cccc(Br)c2)c1C. The summed E-state index contributed by atoms with van der Waals surface area (Å²) in [7, 11) is 0. The van der Waals surface area contributed by atoms with Gasteiger partial charge in [-0.1, -0.05) is 28.1 Å². The van der Waals surface area contributed by atoms with Crippen molar-refractivity contribution in [1.29, 1.82) is 5.26 Å². The third-order valence-electron chi connectivity index (χ3n) is 4.99. The van der Waals surface area contributed by atoms with Crippen LogP contribution in [0.25, 0.3) is 11.8 Å². The highest BCUT2D eigenvalue weighted by atomic mass is 79.9. The molecule has 7 heteroatoms. The van der Waals surface area contributed by atoms with Gasteiger partial charge in [-0.3, -0.25) is 4.79 Å². The predicted octanol–water partition coefficient (Wildman–Crippen LogP) is 5.41. The number of carbonyl (C=O) groups is 2. The van der Waals surface area contributed by atoms with Gasteiger partial charge in [0.15, 0.2) is 0 Å². The van der Waals surface area contributed by atoms with Gasteiger partial charge in [0.05, 0.1) is 5.56 Å². The number of halogens is 1. The number of benzene rings is 2. The zero-order chi connectivity index (χ0) is 22.7. The number of carbonyl (C=O) groups excluding carboxylic acids is 1. The highest BCUT2D eigenvalue weighted by Gasteiger charge is 2.17. The van der Waals surface area contributed by atoms with Crippen molar-refractivity contribution in [2.75, 3.05) is 5.32 Å². The molecule has 0 radical (unpaired) electrons. The molecule has 2 N–H and O–H groups in total. The quantitative estimate of drug-likeness (QED) is 0.379. The molecule has 0 spiro atoms. The maximum atomic E-state index is 12.6. The second kappa shape index (κ2) is 9.02. The fourth-order valence-corrected chi connectivity index (χ4v) is 3.87. The molecule has 0 unspecified atom stereocenters. The minimum atomic E-state index is -0.988. The van der Waals surface area contributed by atoms with Crippen LogP contribution in [-0.4, -0.2) is 21.6 Å². The zero-order valence-corrected chi connectivity index (χ0v) is 18.8. The lowest BCUT2D eigenvalue weighted by atomic mass is 10.1. The average molecular weight is 478 g/mol. The lowest BCUT2D eigenvalue weighted by Gasteiger charge is -2.14. The van der Waals surface area contributed by atoms with Crippen LogP contribution in [0, 0.1) is 32.1 Å². The molecule has 2 aromatic carbocycles. The van der Waals surface area contributed by atoms with Crippen molar-refractivity contribution in [1.82, 2.24) is 4.57 Å². The van der Waals surface area contributed by atoms with E-state index in [4.69, 9.17) is 0 Å². The minimum absolute atomic E-state index is 0.0313. The van der Waals surface area contributed by atoms with Gasteiger partial charge < -0.3 is 15.0 Å². The first-order valence-corrected chi connectivity index (χ1v) is 10.2. The molecule has 0 saturated heterocycles. The number of aryl methyl sites for hydroxylation is 1. The summed E-state index contributed by atoms with van der Waals surface area (Å²) in [5, 5.41) is 21.7. The summed E-state index contributed by atoms with van der Waals surface area (Å²) in [5.74, 6) is -1.49. The van der Waals surface area contributed by atoms with Crippen molar-refractivity contribution in [3.8, 4) is 11.8 Å². The number of hydrogen-bond donors (Lipinski definition) is 2. The van der Waals surface area contributed by atoms with Crippen molar-refractivity contribution in [2.24, 2.45) is 0 Å². The molecule has 0 bridgehead atoms. The van der Waals surface area contributed by atoms with Crippen molar-refractivity contribution in [3.05, 3.63) is 86.7 Å². The second-order valence-electron chi connectivity index (χ2n) is 7.05. The molecule has 0 aliphatic rings. The first-order valence-electron chi connectivity index (χ1n) is 9.44. The molecule has 0 fully saturated rings. The number of nitrogens with one attached hydrogen (secondary N) is 1. The third-order valence-corrected chi connectivity index (χ3v) is 5.49. The summed E-state index contributed by atoms with van der Waals surface area (Å²) in [6, 6.07) is 16.1. The number of carboxylic acid groups (broad SMARTS) is 1. The largest absolute Gasteiger partial charge is 0.478 e. The van der Waals surface area contributed by atoms with Crippen LogP contribution in [0.3, 0.4) is 0 Å². The fourth-order valence-electron chi connectivity index (χ4n) is 3.47. The Hall–Kier alpha value is -3.63. The molecule has 3 rings (SSSR count). The first-order chi connectivity index (χ1) is 14.7. The Bertz CT molecular complexity index is 1270. The summed E-state index contributed by atoms with van der Waals surface area (Å²) in [6.07, 6.45) is 1.54. The first kappa shape index (κ1) is 22.1. The van der Waals surface area contributed by atoms with Crippen molar-refractivity contribution < 1.29 is 14.7 Å². The Balaban J connectivity index is 2.00. The summed E-state index contributed by atoms with van der Waals surface area (Å²) in [6.45, 7) is 5.52. The van der Waals surface area contributed by atoms with Gasteiger partial charge in [0.2, 0.25) is 0 Å². The number of aromatic nitrogens is 1. The molecule has 31 heavy (non-hydrogen) atoms. The maximum Gasteiger partial charge on any atom is 0.336 e. The highest BCUT2D eigenvalue weighted by Crippen LogP contribution is 2.27. The lowest BCUT2D eigenvalue weighted by Crippen LogP contribution is -2.13. The van der Waals surface area contributed by atoms with Crippen molar-refractivity contribution >= 4 is 39.6 Å². The second-order valence-corrected chi connectivity index (χ2v) is 7.97. The summed E-state index contributed by atoms with van der Waals surface area (Å²) < 4.78 is 2.74. The van der Waals surface area contributed by atoms with E-state index in [0.717, 1.165) is 21.5 Å². The van der Waals surface area contributed by atoms with E-state index < -0.39 is 11.9 Å². The molecule has 0 atom stereocenters. The normalized spacial score (nSPS) is 11.1. The van der Waals surface area contributed by atoms with Gasteiger partial charge in [0.25, 0.3) is 5.91 Å². The monoisotopic (exact) mass is 477 g/mol. The standard InChI is InChI=1S/C24H20BrN3O3/c1-14-10-17(11-18(13-26)23(29)27-20-7-4-6-19(25)12-20)16(3)28(14)22-9-5-8-21(15(22)2)24(30)31/h4-12H,1-3H3,(H,27,29)(H,30,31)/b18-11-. The van der Waals surface area contributed by atoms with Crippen LogP contribution in [-0.2, 0) is 4.79 Å². The van der Waals surface area contributed by atoms with E-state index in [1.807, 2.05) is 42.7 Å². The highest BCUT2D eigenvalue weighted by molar-refractivity contribution is 9.10. The number of anilines is 1. The molecule has 0 saturated carbocycles. The lowest BCUT2D eigenvalue weighted by molar-refractivity contribution is -0.112. The molecular formula is C24H20BrN3O3. The van der Waals surface area contributed by atoms with Crippen LogP contribution in [0.1, 0.15) is 32.9 Å². The molecule has 6 nitrogen and oxygen atoms in total. The van der Waals surface area contributed by atoms with Crippen LogP contribution in [0.4, 0.5) is 5.69 Å². The topological polar surface area (TPSA) is 95.1 Å². The van der Waals surface area contributed by atoms with Gasteiger partial charge in [-0.05, 0) is 74.4 Å². The molecule has 1 amide bonds. The molecule has 3 aromatic rings. The van der Waals surface area contributed by atoms with Gasteiger partial charge in [-0.2, -0.15) is 5.26 Å². The van der Waals surface area contributed by atoms with Crippen molar-refractivity contribution in [3.63, 3.8) is 0 Å². The molecule has 156 valence electrons. The van der Waals surface area contributed by atoms with Gasteiger partial charge in [0.1, 0.15) is 11.6 Å². The van der Waals surface area contributed by atoms with Crippen LogP contribution >= 0.6 is 15.9 Å². The number of carboxylic acids is 1. The number of amides is 1. The smallest absolute Gasteiger partial charge is 0.336 e. The molecular weight excluding hydrogens is 458 g/mol. The minimum Gasteiger partial charge on any atom is -0.478 e. The third kappa shape index (κ3) is 4.60. The number of nitrogens with zero attached hydrogens (tertiary/aromatic N) is 2. The van der Waals surface area contributed by atoms with Crippen LogP contribution < -0.4 is 5.32 Å². The van der Waals surface area contributed by atoms with Crippen LogP contribution in [0.5, 0.6) is 0 Å². The van der Waals surface area contributed by atoms with E-state index in [2.05, 4.69) is 21.2 Å². The Morgan fingerprint density at radius 3 is 2.48 bits per heavy atom. The Morgan fingerprint density at radius 2 is 1.84 bits per heavy atom. The van der Waals surface area contributed by atoms with E-state index in [1.54, 1.807) is 43.3 Å². The van der Waals surface area contributed by atoms with Crippen LogP contribution in [0.2, 0.25) is 0 Å². The van der Waals surface area contributed by atoms with E-state index in [9.17, 15) is 20.0 Å². The molecule has 0 aliphatic heterocycles. The van der Waals surface area contributed by atoms with Gasteiger partial charge >= 0.3 is 5.97 Å². The number of rotatable bonds is 5. The Kier molecular flexibility index (Phi) is 6.42. The number of hydrogen-bond acceptors (Lipinski definition) is 3. The molecule has 0 aliphatic carbocycles. The Morgan fingerprint density at radius 1 is 1.13 bits per heavy atom. The van der Waals surface area contributed by atoms with E-state index in [1.165, 1.54) is 0 Å². The van der Waals surface area contributed by atoms with Crippen LogP contribution in [0.15, 0.2) is 58.6 Å². The summed E-state index contributed by atoms with van der Waals surface area (Å²) >= 11 is 3.35. The average Bonchev–Trinajstić information content (AvgIpc) is 2.99.